The average Bonchev–Trinajstić information content (AvgIpc) is 3.28. The number of thiophene rings is 1. The number of fused-ring (bicyclic) bond motifs is 3. The van der Waals surface area contributed by atoms with Crippen LogP contribution >= 0.6 is 11.3 Å². The fraction of sp³-hybridized carbons (Fsp3) is 0.381. The first-order valence-corrected chi connectivity index (χ1v) is 10.3. The molecule has 2 aliphatic rings. The van der Waals surface area contributed by atoms with Gasteiger partial charge in [0.2, 0.25) is 11.8 Å². The number of nitrogens with zero attached hydrogens (tertiary/aromatic N) is 2. The van der Waals surface area contributed by atoms with Crippen molar-refractivity contribution in [3.8, 4) is 0 Å². The van der Waals surface area contributed by atoms with Crippen molar-refractivity contribution >= 4 is 34.7 Å². The van der Waals surface area contributed by atoms with Gasteiger partial charge in [-0.1, -0.05) is 19.1 Å². The lowest BCUT2D eigenvalue weighted by atomic mass is 9.98. The summed E-state index contributed by atoms with van der Waals surface area (Å²) in [5, 5.41) is 2.91. The van der Waals surface area contributed by atoms with E-state index in [9.17, 15) is 14.4 Å². The van der Waals surface area contributed by atoms with Crippen molar-refractivity contribution in [2.45, 2.75) is 45.3 Å². The summed E-state index contributed by atoms with van der Waals surface area (Å²) in [6.45, 7) is 4.34. The molecular weight excluding hydrogens is 374 g/mol. The first kappa shape index (κ1) is 18.7. The normalized spacial score (nSPS) is 20.9. The summed E-state index contributed by atoms with van der Waals surface area (Å²) in [6.07, 6.45) is 1.86. The van der Waals surface area contributed by atoms with Crippen LogP contribution in [0.4, 0.5) is 5.69 Å². The van der Waals surface area contributed by atoms with Gasteiger partial charge in [-0.05, 0) is 44.0 Å². The van der Waals surface area contributed by atoms with Gasteiger partial charge in [0.05, 0.1) is 17.8 Å². The molecule has 0 spiro atoms. The Morgan fingerprint density at radius 2 is 1.93 bits per heavy atom. The van der Waals surface area contributed by atoms with E-state index >= 15 is 0 Å². The first-order chi connectivity index (χ1) is 13.4. The molecule has 1 unspecified atom stereocenters. The second kappa shape index (κ2) is 7.05. The quantitative estimate of drug-likeness (QED) is 0.843. The zero-order valence-electron chi connectivity index (χ0n) is 16.0. The number of carbonyl (C=O) groups is 3. The monoisotopic (exact) mass is 397 g/mol. The van der Waals surface area contributed by atoms with Crippen molar-refractivity contribution in [2.75, 3.05) is 11.4 Å². The van der Waals surface area contributed by atoms with E-state index in [2.05, 4.69) is 18.3 Å². The van der Waals surface area contributed by atoms with Gasteiger partial charge < -0.3 is 10.2 Å². The topological polar surface area (TPSA) is 69.7 Å². The van der Waals surface area contributed by atoms with E-state index in [1.54, 1.807) is 39.3 Å². The largest absolute Gasteiger partial charge is 0.350 e. The highest BCUT2D eigenvalue weighted by molar-refractivity contribution is 7.11. The summed E-state index contributed by atoms with van der Waals surface area (Å²) in [7, 11) is 0. The van der Waals surface area contributed by atoms with Crippen LogP contribution in [0.5, 0.6) is 0 Å². The number of nitrogens with one attached hydrogen (secondary N) is 1. The van der Waals surface area contributed by atoms with Crippen molar-refractivity contribution in [3.05, 3.63) is 51.7 Å². The lowest BCUT2D eigenvalue weighted by Crippen LogP contribution is -2.63. The van der Waals surface area contributed by atoms with Crippen LogP contribution in [0.2, 0.25) is 0 Å². The highest BCUT2D eigenvalue weighted by atomic mass is 32.1. The van der Waals surface area contributed by atoms with Crippen molar-refractivity contribution in [3.63, 3.8) is 0 Å². The molecule has 6 nitrogen and oxygen atoms in total. The molecule has 2 aliphatic heterocycles. The average molecular weight is 398 g/mol. The number of anilines is 1. The Labute approximate surface area is 168 Å². The molecule has 1 N–H and O–H groups in total. The molecule has 0 saturated carbocycles. The highest BCUT2D eigenvalue weighted by Crippen LogP contribution is 2.43. The van der Waals surface area contributed by atoms with Crippen LogP contribution in [0, 0.1) is 0 Å². The Morgan fingerprint density at radius 1 is 1.18 bits per heavy atom. The SMILES string of the molecule is CCc1ccc(CNC(=O)CN2C(=O)c3ccccc3N3C(=O)CCC23C)s1. The van der Waals surface area contributed by atoms with Crippen LogP contribution < -0.4 is 10.2 Å². The van der Waals surface area contributed by atoms with Crippen LogP contribution in [-0.2, 0) is 22.6 Å². The van der Waals surface area contributed by atoms with E-state index < -0.39 is 5.66 Å². The number of amides is 3. The molecule has 146 valence electrons. The molecule has 28 heavy (non-hydrogen) atoms. The molecule has 0 aliphatic carbocycles. The number of hydrogen-bond donors (Lipinski definition) is 1. The van der Waals surface area contributed by atoms with Gasteiger partial charge in [-0.15, -0.1) is 11.3 Å². The first-order valence-electron chi connectivity index (χ1n) is 9.52. The van der Waals surface area contributed by atoms with Crippen LogP contribution in [0.1, 0.15) is 46.8 Å². The molecule has 4 rings (SSSR count). The maximum atomic E-state index is 13.1. The second-order valence-electron chi connectivity index (χ2n) is 7.35. The van der Waals surface area contributed by atoms with Crippen LogP contribution in [0.3, 0.4) is 0 Å². The zero-order valence-corrected chi connectivity index (χ0v) is 16.8. The smallest absolute Gasteiger partial charge is 0.258 e. The Hall–Kier alpha value is -2.67. The lowest BCUT2D eigenvalue weighted by Gasteiger charge is -2.48. The van der Waals surface area contributed by atoms with Gasteiger partial charge in [0.1, 0.15) is 12.2 Å². The van der Waals surface area contributed by atoms with E-state index in [0.717, 1.165) is 11.3 Å². The number of aryl methyl sites for hydroxylation is 1. The number of carbonyl (C=O) groups excluding carboxylic acids is 3. The molecule has 1 atom stereocenters. The maximum Gasteiger partial charge on any atom is 0.258 e. The van der Waals surface area contributed by atoms with Crippen LogP contribution in [-0.4, -0.2) is 34.8 Å². The van der Waals surface area contributed by atoms with E-state index in [1.165, 1.54) is 4.88 Å². The van der Waals surface area contributed by atoms with Gasteiger partial charge >= 0.3 is 0 Å². The molecule has 1 fully saturated rings. The van der Waals surface area contributed by atoms with Gasteiger partial charge in [0.15, 0.2) is 0 Å². The molecule has 1 aromatic carbocycles. The third-order valence-corrected chi connectivity index (χ3v) is 6.80. The zero-order chi connectivity index (χ0) is 19.9. The summed E-state index contributed by atoms with van der Waals surface area (Å²) >= 11 is 1.68. The van der Waals surface area contributed by atoms with E-state index in [4.69, 9.17) is 0 Å². The Balaban J connectivity index is 1.54. The van der Waals surface area contributed by atoms with E-state index in [0.29, 0.717) is 30.6 Å². The van der Waals surface area contributed by atoms with Gasteiger partial charge in [-0.3, -0.25) is 19.3 Å². The number of hydrogen-bond acceptors (Lipinski definition) is 4. The maximum absolute atomic E-state index is 13.1. The van der Waals surface area contributed by atoms with Gasteiger partial charge in [0.25, 0.3) is 5.91 Å². The third kappa shape index (κ3) is 2.99. The molecule has 2 aromatic rings. The molecule has 3 heterocycles. The van der Waals surface area contributed by atoms with Gasteiger partial charge in [-0.25, -0.2) is 0 Å². The molecule has 1 aromatic heterocycles. The van der Waals surface area contributed by atoms with Crippen molar-refractivity contribution < 1.29 is 14.4 Å². The predicted molar refractivity (Wildman–Crippen MR) is 108 cm³/mol. The fourth-order valence-corrected chi connectivity index (χ4v) is 4.93. The third-order valence-electron chi connectivity index (χ3n) is 5.57. The summed E-state index contributed by atoms with van der Waals surface area (Å²) in [5.74, 6) is -0.443. The summed E-state index contributed by atoms with van der Waals surface area (Å²) in [4.78, 5) is 43.9. The van der Waals surface area contributed by atoms with Gasteiger partial charge in [0, 0.05) is 16.2 Å². The molecule has 0 radical (unpaired) electrons. The minimum Gasteiger partial charge on any atom is -0.350 e. The second-order valence-corrected chi connectivity index (χ2v) is 8.61. The minimum absolute atomic E-state index is 0.0152. The highest BCUT2D eigenvalue weighted by Gasteiger charge is 2.53. The Bertz CT molecular complexity index is 954. The van der Waals surface area contributed by atoms with Crippen LogP contribution in [0.25, 0.3) is 0 Å². The fourth-order valence-electron chi connectivity index (χ4n) is 4.03. The standard InChI is InChI=1S/C21H23N3O3S/c1-3-14-8-9-15(28-14)12-22-18(25)13-23-20(27)16-6-4-5-7-17(16)24-19(26)10-11-21(23,24)2/h4-9H,3,10-13H2,1-2H3,(H,22,25). The number of rotatable bonds is 5. The Morgan fingerprint density at radius 3 is 2.68 bits per heavy atom. The summed E-state index contributed by atoms with van der Waals surface area (Å²) in [6, 6.07) is 11.2. The van der Waals surface area contributed by atoms with Crippen LogP contribution in [0.15, 0.2) is 36.4 Å². The number of benzene rings is 1. The van der Waals surface area contributed by atoms with Crippen molar-refractivity contribution in [2.24, 2.45) is 0 Å². The lowest BCUT2D eigenvalue weighted by molar-refractivity contribution is -0.124. The minimum atomic E-state index is -0.807. The molecular formula is C21H23N3O3S. The van der Waals surface area contributed by atoms with Gasteiger partial charge in [-0.2, -0.15) is 0 Å². The number of para-hydroxylation sites is 1. The summed E-state index contributed by atoms with van der Waals surface area (Å²) < 4.78 is 0. The van der Waals surface area contributed by atoms with E-state index in [-0.39, 0.29) is 24.3 Å². The summed E-state index contributed by atoms with van der Waals surface area (Å²) in [5.41, 5.74) is 0.298. The predicted octanol–water partition coefficient (Wildman–Crippen LogP) is 2.93. The Kier molecular flexibility index (Phi) is 4.71. The molecule has 0 bridgehead atoms. The van der Waals surface area contributed by atoms with E-state index in [1.807, 2.05) is 19.1 Å². The molecule has 3 amide bonds. The van der Waals surface area contributed by atoms with Crippen molar-refractivity contribution in [1.29, 1.82) is 0 Å². The molecule has 1 saturated heterocycles. The molecule has 7 heteroatoms. The van der Waals surface area contributed by atoms with Crippen molar-refractivity contribution in [1.82, 2.24) is 10.2 Å².